The van der Waals surface area contributed by atoms with Crippen molar-refractivity contribution in [1.82, 2.24) is 5.32 Å². The molecule has 1 aliphatic carbocycles. The Morgan fingerprint density at radius 2 is 1.83 bits per heavy atom. The molecule has 3 N–H and O–H groups in total. The summed E-state index contributed by atoms with van der Waals surface area (Å²) in [6.45, 7) is 5.64. The van der Waals surface area contributed by atoms with Gasteiger partial charge in [0.05, 0.1) is 11.6 Å². The Hall–Kier alpha value is -3.12. The Bertz CT molecular complexity index is 1050. The molecule has 1 aliphatic rings. The molecule has 2 aromatic carbocycles. The Morgan fingerprint density at radius 1 is 1.20 bits per heavy atom. The summed E-state index contributed by atoms with van der Waals surface area (Å²) in [6.07, 6.45) is 1.73. The molecule has 0 fully saturated rings. The molecule has 0 spiro atoms. The lowest BCUT2D eigenvalue weighted by Crippen LogP contribution is -2.51. The number of nitrogens with one attached hydrogen (secondary N) is 2. The van der Waals surface area contributed by atoms with Crippen LogP contribution in [0.25, 0.3) is 0 Å². The summed E-state index contributed by atoms with van der Waals surface area (Å²) < 4.78 is 5.76. The van der Waals surface area contributed by atoms with E-state index in [1.807, 2.05) is 26.0 Å². The average Bonchev–Trinajstić information content (AvgIpc) is 2.67. The zero-order valence-electron chi connectivity index (χ0n) is 17.0. The second-order valence-corrected chi connectivity index (χ2v) is 8.05. The van der Waals surface area contributed by atoms with E-state index in [1.165, 1.54) is 18.2 Å². The number of carbonyl (C=O) groups is 2. The smallest absolute Gasteiger partial charge is 0.335 e. The maximum Gasteiger partial charge on any atom is 0.335 e. The lowest BCUT2D eigenvalue weighted by Gasteiger charge is -2.36. The lowest BCUT2D eigenvalue weighted by molar-refractivity contribution is -0.127. The summed E-state index contributed by atoms with van der Waals surface area (Å²) in [6, 6.07) is 11.5. The normalized spacial score (nSPS) is 18.6. The van der Waals surface area contributed by atoms with Gasteiger partial charge in [-0.3, -0.25) is 10.2 Å². The van der Waals surface area contributed by atoms with Gasteiger partial charge in [-0.1, -0.05) is 41.4 Å². The summed E-state index contributed by atoms with van der Waals surface area (Å²) in [5.74, 6) is -1.07. The molecule has 156 valence electrons. The van der Waals surface area contributed by atoms with Gasteiger partial charge in [0.25, 0.3) is 0 Å². The molecule has 3 rings (SSSR count). The predicted octanol–water partition coefficient (Wildman–Crippen LogP) is 4.75. The third-order valence-corrected chi connectivity index (χ3v) is 5.45. The van der Waals surface area contributed by atoms with E-state index in [4.69, 9.17) is 26.9 Å². The van der Waals surface area contributed by atoms with Gasteiger partial charge in [-0.2, -0.15) is 0 Å². The Labute approximate surface area is 180 Å². The Kier molecular flexibility index (Phi) is 5.99. The van der Waals surface area contributed by atoms with Gasteiger partial charge in [0.1, 0.15) is 11.2 Å². The highest BCUT2D eigenvalue weighted by Gasteiger charge is 2.49. The molecule has 7 heteroatoms. The van der Waals surface area contributed by atoms with Crippen molar-refractivity contribution >= 4 is 29.4 Å². The second-order valence-electron chi connectivity index (χ2n) is 7.56. The van der Waals surface area contributed by atoms with Crippen molar-refractivity contribution < 1.29 is 19.4 Å². The molecule has 30 heavy (non-hydrogen) atoms. The van der Waals surface area contributed by atoms with Gasteiger partial charge in [-0.05, 0) is 56.2 Å². The highest BCUT2D eigenvalue weighted by molar-refractivity contribution is 6.32. The van der Waals surface area contributed by atoms with Crippen LogP contribution in [0, 0.1) is 24.7 Å². The topological polar surface area (TPSA) is 99.5 Å². The molecule has 6 nitrogen and oxygen atoms in total. The van der Waals surface area contributed by atoms with Crippen LogP contribution in [0.2, 0.25) is 0 Å². The Morgan fingerprint density at radius 3 is 2.37 bits per heavy atom. The average molecular weight is 427 g/mol. The van der Waals surface area contributed by atoms with Crippen LogP contribution in [-0.4, -0.2) is 22.9 Å². The molecule has 1 amide bonds. The summed E-state index contributed by atoms with van der Waals surface area (Å²) in [5.41, 5.74) is 1.60. The van der Waals surface area contributed by atoms with Crippen molar-refractivity contribution in [3.05, 3.63) is 75.8 Å². The highest BCUT2D eigenvalue weighted by atomic mass is 35.5. The predicted molar refractivity (Wildman–Crippen MR) is 115 cm³/mol. The van der Waals surface area contributed by atoms with Crippen molar-refractivity contribution in [3.63, 3.8) is 0 Å². The monoisotopic (exact) mass is 426 g/mol. The van der Waals surface area contributed by atoms with Crippen molar-refractivity contribution in [2.75, 3.05) is 0 Å². The van der Waals surface area contributed by atoms with Gasteiger partial charge in [-0.15, -0.1) is 0 Å². The summed E-state index contributed by atoms with van der Waals surface area (Å²) in [7, 11) is 0. The molecule has 0 radical (unpaired) electrons. The maximum absolute atomic E-state index is 13.1. The fourth-order valence-electron chi connectivity index (χ4n) is 3.34. The number of hydrogen-bond donors (Lipinski definition) is 3. The summed E-state index contributed by atoms with van der Waals surface area (Å²) in [4.78, 5) is 24.1. The van der Waals surface area contributed by atoms with Crippen LogP contribution in [0.4, 0.5) is 0 Å². The minimum Gasteiger partial charge on any atom is -0.478 e. The molecule has 0 saturated carbocycles. The number of ether oxygens (including phenoxy) is 1. The highest BCUT2D eigenvalue weighted by Crippen LogP contribution is 2.43. The third-order valence-electron chi connectivity index (χ3n) is 5.21. The number of carboxylic acid groups (broad SMARTS) is 1. The van der Waals surface area contributed by atoms with Gasteiger partial charge in [0, 0.05) is 11.5 Å². The fraction of sp³-hybridized carbons (Fsp3) is 0.261. The molecule has 0 bridgehead atoms. The van der Waals surface area contributed by atoms with Crippen LogP contribution in [0.1, 0.15) is 46.4 Å². The van der Waals surface area contributed by atoms with E-state index in [-0.39, 0.29) is 23.9 Å². The number of hydrogen-bond acceptors (Lipinski definition) is 4. The molecule has 0 aromatic heterocycles. The zero-order chi connectivity index (χ0) is 22.1. The standard InChI is InChI=1S/C23H23ClN2O4/c1-13-4-9-19(14(2)10-13)30-21(25)23(11-18(24)12-23)22(29)26-15(3)16-5-7-17(8-6-16)20(27)28/h4-11,15,25H,12H2,1-3H3,(H,26,29)(H,27,28)/t15-,23?/m0/s1. The lowest BCUT2D eigenvalue weighted by atomic mass is 9.74. The second kappa shape index (κ2) is 8.32. The number of carbonyl (C=O) groups excluding carboxylic acids is 1. The molecule has 0 aliphatic heterocycles. The van der Waals surface area contributed by atoms with Crippen LogP contribution >= 0.6 is 11.6 Å². The van der Waals surface area contributed by atoms with Gasteiger partial charge in [0.15, 0.2) is 0 Å². The van der Waals surface area contributed by atoms with E-state index in [0.717, 1.165) is 16.7 Å². The van der Waals surface area contributed by atoms with Gasteiger partial charge in [-0.25, -0.2) is 4.79 Å². The van der Waals surface area contributed by atoms with Gasteiger partial charge in [0.2, 0.25) is 11.8 Å². The van der Waals surface area contributed by atoms with E-state index < -0.39 is 17.3 Å². The van der Waals surface area contributed by atoms with Crippen LogP contribution in [-0.2, 0) is 4.79 Å². The molecule has 1 unspecified atom stereocenters. The molecule has 2 aromatic rings. The minimum absolute atomic E-state index is 0.172. The zero-order valence-corrected chi connectivity index (χ0v) is 17.7. The molecule has 0 heterocycles. The SMILES string of the molecule is Cc1ccc(OC(=N)C2(C(=O)N[C@@H](C)c3ccc(C(=O)O)cc3)C=C(Cl)C2)c(C)c1. The number of allylic oxidation sites excluding steroid dienone is 1. The maximum atomic E-state index is 13.1. The molecule has 0 saturated heterocycles. The van der Waals surface area contributed by atoms with E-state index in [9.17, 15) is 9.59 Å². The number of amides is 1. The number of halogens is 1. The van der Waals surface area contributed by atoms with Crippen molar-refractivity contribution in [1.29, 1.82) is 5.41 Å². The van der Waals surface area contributed by atoms with Crippen molar-refractivity contribution in [3.8, 4) is 5.75 Å². The first-order valence-corrected chi connectivity index (χ1v) is 9.86. The van der Waals surface area contributed by atoms with E-state index in [2.05, 4.69) is 5.32 Å². The molecular formula is C23H23ClN2O4. The number of carboxylic acids is 1. The first kappa shape index (κ1) is 21.6. The third kappa shape index (κ3) is 4.24. The quantitative estimate of drug-likeness (QED) is 0.458. The number of aromatic carboxylic acids is 1. The van der Waals surface area contributed by atoms with E-state index in [0.29, 0.717) is 10.8 Å². The Balaban J connectivity index is 1.77. The van der Waals surface area contributed by atoms with Crippen LogP contribution < -0.4 is 10.1 Å². The van der Waals surface area contributed by atoms with Crippen LogP contribution in [0.5, 0.6) is 5.75 Å². The van der Waals surface area contributed by atoms with E-state index in [1.54, 1.807) is 25.1 Å². The first-order chi connectivity index (χ1) is 14.1. The molecular weight excluding hydrogens is 404 g/mol. The number of rotatable bonds is 6. The van der Waals surface area contributed by atoms with E-state index >= 15 is 0 Å². The number of benzene rings is 2. The first-order valence-electron chi connectivity index (χ1n) is 9.48. The van der Waals surface area contributed by atoms with Gasteiger partial charge < -0.3 is 15.2 Å². The largest absolute Gasteiger partial charge is 0.478 e. The van der Waals surface area contributed by atoms with Crippen LogP contribution in [0.3, 0.4) is 0 Å². The summed E-state index contributed by atoms with van der Waals surface area (Å²) in [5, 5.41) is 20.9. The minimum atomic E-state index is -1.27. The van der Waals surface area contributed by atoms with Gasteiger partial charge >= 0.3 is 5.97 Å². The fourth-order valence-corrected chi connectivity index (χ4v) is 3.73. The molecule has 2 atom stereocenters. The summed E-state index contributed by atoms with van der Waals surface area (Å²) >= 11 is 6.05. The number of aryl methyl sites for hydroxylation is 2. The van der Waals surface area contributed by atoms with Crippen molar-refractivity contribution in [2.45, 2.75) is 33.2 Å². The van der Waals surface area contributed by atoms with Crippen LogP contribution in [0.15, 0.2) is 53.6 Å². The van der Waals surface area contributed by atoms with Crippen molar-refractivity contribution in [2.24, 2.45) is 5.41 Å².